The van der Waals surface area contributed by atoms with Gasteiger partial charge in [0.2, 0.25) is 53.2 Å². The van der Waals surface area contributed by atoms with E-state index >= 15 is 0 Å². The lowest BCUT2D eigenvalue weighted by Crippen LogP contribution is -2.60. The summed E-state index contributed by atoms with van der Waals surface area (Å²) in [5, 5.41) is 41.6. The molecule has 0 aliphatic rings. The van der Waals surface area contributed by atoms with Gasteiger partial charge in [0.25, 0.3) is 0 Å². The summed E-state index contributed by atoms with van der Waals surface area (Å²) >= 11 is 0. The summed E-state index contributed by atoms with van der Waals surface area (Å²) in [5.74, 6) is -12.1. The molecule has 0 saturated heterocycles. The molecule has 0 bridgehead atoms. The molecule has 0 aliphatic carbocycles. The third-order valence-electron chi connectivity index (χ3n) is 8.66. The van der Waals surface area contributed by atoms with Crippen molar-refractivity contribution in [1.29, 1.82) is 0 Å². The number of hydrogen-bond acceptors (Lipinski definition) is 14. The minimum absolute atomic E-state index is 0.0856. The summed E-state index contributed by atoms with van der Waals surface area (Å²) in [6, 6.07) is -10.8. The zero-order valence-electron chi connectivity index (χ0n) is 33.7. The molecule has 25 heteroatoms. The number of aliphatic hydroxyl groups excluding tert-OH is 1. The van der Waals surface area contributed by atoms with Gasteiger partial charge in [0.15, 0.2) is 0 Å². The summed E-state index contributed by atoms with van der Waals surface area (Å²) in [4.78, 5) is 138. The van der Waals surface area contributed by atoms with Crippen molar-refractivity contribution in [3.05, 3.63) is 0 Å². The molecule has 0 rings (SSSR count). The van der Waals surface area contributed by atoms with E-state index in [2.05, 4.69) is 26.6 Å². The molecule has 7 atom stereocenters. The maximum absolute atomic E-state index is 13.7. The Morgan fingerprint density at radius 1 is 0.483 bits per heavy atom. The van der Waals surface area contributed by atoms with Gasteiger partial charge in [-0.05, 0) is 57.4 Å². The third-order valence-corrected chi connectivity index (χ3v) is 8.66. The van der Waals surface area contributed by atoms with Crippen LogP contribution in [0.15, 0.2) is 0 Å². The van der Waals surface area contributed by atoms with Crippen molar-refractivity contribution in [3.8, 4) is 0 Å². The second-order valence-corrected chi connectivity index (χ2v) is 14.4. The van der Waals surface area contributed by atoms with Gasteiger partial charge in [0.05, 0.1) is 12.6 Å². The number of carboxylic acids is 2. The van der Waals surface area contributed by atoms with E-state index in [0.29, 0.717) is 19.4 Å². The van der Waals surface area contributed by atoms with Crippen LogP contribution in [0.4, 0.5) is 0 Å². The lowest BCUT2D eigenvalue weighted by Gasteiger charge is -2.27. The third kappa shape index (κ3) is 22.8. The molecule has 0 aromatic rings. The van der Waals surface area contributed by atoms with Gasteiger partial charge in [-0.1, -0.05) is 20.3 Å². The number of aliphatic carboxylic acids is 2. The second-order valence-electron chi connectivity index (χ2n) is 14.4. The molecular formula is C35H61N11O14. The minimum Gasteiger partial charge on any atom is -0.481 e. The topological polar surface area (TPSA) is 451 Å². The van der Waals surface area contributed by atoms with Gasteiger partial charge in [-0.3, -0.25) is 47.9 Å². The van der Waals surface area contributed by atoms with Crippen molar-refractivity contribution < 1.29 is 68.1 Å². The summed E-state index contributed by atoms with van der Waals surface area (Å²) in [7, 11) is 0. The van der Waals surface area contributed by atoms with Crippen molar-refractivity contribution in [2.75, 3.05) is 13.2 Å². The second kappa shape index (κ2) is 28.5. The first-order chi connectivity index (χ1) is 28.0. The number of hydrogen-bond donors (Lipinski definition) is 14. The number of carbonyl (C=O) groups excluding carboxylic acids is 9. The molecule has 19 N–H and O–H groups in total. The largest absolute Gasteiger partial charge is 0.481 e. The SMILES string of the molecule is CC(C)CC(NC(=O)C(N)CCCCN)C(=O)NC(CCC(N)=O)C(=O)NC(CCC(=O)O)C(=O)NC(CCC(N)=O)C(=O)NC(CCC(N)=O)C(=O)NC(CO)C(=O)O. The molecule has 60 heavy (non-hydrogen) atoms. The number of nitrogens with two attached hydrogens (primary N) is 5. The molecule has 0 aromatic carbocycles. The van der Waals surface area contributed by atoms with Crippen molar-refractivity contribution in [1.82, 2.24) is 31.9 Å². The zero-order chi connectivity index (χ0) is 46.1. The molecular weight excluding hydrogens is 798 g/mol. The van der Waals surface area contributed by atoms with Crippen LogP contribution in [0.1, 0.15) is 90.9 Å². The van der Waals surface area contributed by atoms with Gasteiger partial charge >= 0.3 is 11.9 Å². The van der Waals surface area contributed by atoms with Crippen LogP contribution in [0.2, 0.25) is 0 Å². The Hall–Kier alpha value is -5.95. The first kappa shape index (κ1) is 54.0. The average molecular weight is 860 g/mol. The smallest absolute Gasteiger partial charge is 0.328 e. The lowest BCUT2D eigenvalue weighted by atomic mass is 10.0. The molecule has 0 saturated carbocycles. The standard InChI is InChI=1S/C35H61N11O14/c1-17(2)15-23(45-29(53)18(37)5-3-4-14-36)34(58)44-20(7-11-26(39)49)31(55)43-22(9-13-28(51)52)32(56)41-19(6-10-25(38)48)30(54)42-21(8-12-27(40)50)33(57)46-24(16-47)35(59)60/h17-24,47H,3-16,36-37H2,1-2H3,(H2,38,48)(H2,39,49)(H2,40,50)(H,41,56)(H,42,54)(H,43,55)(H,44,58)(H,45,53)(H,46,57)(H,51,52)(H,59,60). The predicted molar refractivity (Wildman–Crippen MR) is 209 cm³/mol. The Morgan fingerprint density at radius 2 is 0.817 bits per heavy atom. The summed E-state index contributed by atoms with van der Waals surface area (Å²) in [5.41, 5.74) is 27.2. The molecule has 9 amide bonds. The van der Waals surface area contributed by atoms with Crippen LogP contribution in [0.3, 0.4) is 0 Å². The van der Waals surface area contributed by atoms with E-state index in [9.17, 15) is 68.1 Å². The monoisotopic (exact) mass is 859 g/mol. The first-order valence-electron chi connectivity index (χ1n) is 19.2. The van der Waals surface area contributed by atoms with Gasteiger partial charge in [-0.25, -0.2) is 4.79 Å². The first-order valence-corrected chi connectivity index (χ1v) is 19.2. The number of nitrogens with one attached hydrogen (secondary N) is 6. The molecule has 0 aromatic heterocycles. The number of aliphatic hydroxyl groups is 1. The Labute approximate surface area is 345 Å². The van der Waals surface area contributed by atoms with E-state index in [1.54, 1.807) is 13.8 Å². The molecule has 0 fully saturated rings. The fourth-order valence-corrected chi connectivity index (χ4v) is 5.37. The van der Waals surface area contributed by atoms with Crippen molar-refractivity contribution in [2.24, 2.45) is 34.6 Å². The predicted octanol–water partition coefficient (Wildman–Crippen LogP) is -5.86. The fraction of sp³-hybridized carbons (Fsp3) is 0.686. The van der Waals surface area contributed by atoms with Crippen molar-refractivity contribution in [2.45, 2.75) is 133 Å². The van der Waals surface area contributed by atoms with E-state index in [1.165, 1.54) is 0 Å². The highest BCUT2D eigenvalue weighted by Crippen LogP contribution is 2.10. The summed E-state index contributed by atoms with van der Waals surface area (Å²) in [6.07, 6.45) is -2.75. The highest BCUT2D eigenvalue weighted by atomic mass is 16.4. The van der Waals surface area contributed by atoms with Crippen molar-refractivity contribution >= 4 is 65.1 Å². The Morgan fingerprint density at radius 3 is 1.12 bits per heavy atom. The maximum Gasteiger partial charge on any atom is 0.328 e. The van der Waals surface area contributed by atoms with Crippen LogP contribution in [-0.2, 0) is 52.7 Å². The normalized spacial score (nSPS) is 14.4. The minimum atomic E-state index is -1.82. The molecule has 7 unspecified atom stereocenters. The van der Waals surface area contributed by atoms with E-state index < -0.39 is 165 Å². The van der Waals surface area contributed by atoms with E-state index in [1.807, 2.05) is 5.32 Å². The maximum atomic E-state index is 13.7. The van der Waals surface area contributed by atoms with Crippen LogP contribution >= 0.6 is 0 Å². The van der Waals surface area contributed by atoms with Gasteiger partial charge in [0, 0.05) is 25.7 Å². The Kier molecular flexibility index (Phi) is 25.6. The van der Waals surface area contributed by atoms with Crippen LogP contribution in [0.5, 0.6) is 0 Å². The molecule has 25 nitrogen and oxygen atoms in total. The van der Waals surface area contributed by atoms with Gasteiger partial charge in [-0.15, -0.1) is 0 Å². The van der Waals surface area contributed by atoms with Gasteiger partial charge in [0.1, 0.15) is 36.3 Å². The number of carbonyl (C=O) groups is 11. The van der Waals surface area contributed by atoms with Crippen LogP contribution in [-0.4, -0.2) is 136 Å². The highest BCUT2D eigenvalue weighted by molar-refractivity contribution is 5.97. The van der Waals surface area contributed by atoms with Crippen LogP contribution in [0, 0.1) is 5.92 Å². The quantitative estimate of drug-likeness (QED) is 0.0280. The highest BCUT2D eigenvalue weighted by Gasteiger charge is 2.34. The molecule has 0 radical (unpaired) electrons. The van der Waals surface area contributed by atoms with E-state index in [0.717, 1.165) is 0 Å². The average Bonchev–Trinajstić information content (AvgIpc) is 3.15. The number of rotatable bonds is 32. The van der Waals surface area contributed by atoms with Gasteiger partial charge < -0.3 is 75.9 Å². The molecule has 0 heterocycles. The van der Waals surface area contributed by atoms with E-state index in [-0.39, 0.29) is 18.8 Å². The number of amides is 9. The van der Waals surface area contributed by atoms with E-state index in [4.69, 9.17) is 28.7 Å². The number of carboxylic acid groups (broad SMARTS) is 2. The van der Waals surface area contributed by atoms with Crippen molar-refractivity contribution in [3.63, 3.8) is 0 Å². The summed E-state index contributed by atoms with van der Waals surface area (Å²) in [6.45, 7) is 2.85. The van der Waals surface area contributed by atoms with Crippen LogP contribution < -0.4 is 60.6 Å². The molecule has 0 aliphatic heterocycles. The van der Waals surface area contributed by atoms with Gasteiger partial charge in [-0.2, -0.15) is 0 Å². The molecule has 340 valence electrons. The fourth-order valence-electron chi connectivity index (χ4n) is 5.37. The Balaban J connectivity index is 6.55. The number of primary amides is 3. The Bertz CT molecular complexity index is 1530. The summed E-state index contributed by atoms with van der Waals surface area (Å²) < 4.78 is 0. The lowest BCUT2D eigenvalue weighted by molar-refractivity contribution is -0.143. The zero-order valence-corrected chi connectivity index (χ0v) is 33.7. The number of unbranched alkanes of at least 4 members (excludes halogenated alkanes) is 1. The van der Waals surface area contributed by atoms with Crippen LogP contribution in [0.25, 0.3) is 0 Å². The molecule has 0 spiro atoms.